The van der Waals surface area contributed by atoms with E-state index < -0.39 is 29.0 Å². The van der Waals surface area contributed by atoms with Gasteiger partial charge in [0, 0.05) is 10.9 Å². The van der Waals surface area contributed by atoms with Crippen LogP contribution >= 0.6 is 11.3 Å². The Bertz CT molecular complexity index is 703. The van der Waals surface area contributed by atoms with Gasteiger partial charge in [-0.25, -0.2) is 13.6 Å². The maximum atomic E-state index is 14.0. The average Bonchev–Trinajstić information content (AvgIpc) is 3.03. The molecule has 22 heavy (non-hydrogen) atoms. The molecule has 7 heteroatoms. The lowest BCUT2D eigenvalue weighted by atomic mass is 9.91. The Labute approximate surface area is 129 Å². The molecule has 1 aromatic carbocycles. The fraction of sp³-hybridized carbons (Fsp3) is 0.200. The minimum Gasteiger partial charge on any atom is -0.467 e. The van der Waals surface area contributed by atoms with E-state index in [2.05, 4.69) is 10.1 Å². The van der Waals surface area contributed by atoms with Crippen molar-refractivity contribution in [2.75, 3.05) is 7.11 Å². The molecule has 0 fully saturated rings. The molecule has 0 saturated carbocycles. The van der Waals surface area contributed by atoms with Crippen molar-refractivity contribution in [3.05, 3.63) is 57.8 Å². The highest BCUT2D eigenvalue weighted by molar-refractivity contribution is 7.08. The normalized spacial score (nSPS) is 13.3. The minimum atomic E-state index is -1.85. The van der Waals surface area contributed by atoms with E-state index in [1.54, 1.807) is 16.8 Å². The lowest BCUT2D eigenvalue weighted by Crippen LogP contribution is -2.50. The highest BCUT2D eigenvalue weighted by Gasteiger charge is 2.40. The van der Waals surface area contributed by atoms with Gasteiger partial charge in [0.25, 0.3) is 5.91 Å². The molecule has 4 nitrogen and oxygen atoms in total. The van der Waals surface area contributed by atoms with E-state index in [4.69, 9.17) is 0 Å². The Hall–Kier alpha value is -2.28. The van der Waals surface area contributed by atoms with Crippen LogP contribution in [0.25, 0.3) is 0 Å². The second-order valence-corrected chi connectivity index (χ2v) is 5.49. The molecule has 2 aromatic rings. The van der Waals surface area contributed by atoms with Crippen LogP contribution in [0, 0.1) is 11.6 Å². The van der Waals surface area contributed by atoms with Crippen molar-refractivity contribution in [2.24, 2.45) is 0 Å². The molecule has 1 unspecified atom stereocenters. The van der Waals surface area contributed by atoms with Gasteiger partial charge in [0.2, 0.25) is 0 Å². The molecule has 0 spiro atoms. The molecule has 1 aromatic heterocycles. The van der Waals surface area contributed by atoms with E-state index in [0.29, 0.717) is 5.56 Å². The van der Waals surface area contributed by atoms with Gasteiger partial charge in [0.1, 0.15) is 11.6 Å². The van der Waals surface area contributed by atoms with E-state index in [1.807, 2.05) is 0 Å². The van der Waals surface area contributed by atoms with Crippen molar-refractivity contribution in [3.63, 3.8) is 0 Å². The Morgan fingerprint density at radius 2 is 2.00 bits per heavy atom. The summed E-state index contributed by atoms with van der Waals surface area (Å²) in [6.45, 7) is 1.26. The number of esters is 1. The number of hydrogen-bond donors (Lipinski definition) is 1. The maximum Gasteiger partial charge on any atom is 0.336 e. The lowest BCUT2D eigenvalue weighted by molar-refractivity contribution is -0.148. The monoisotopic (exact) mass is 325 g/mol. The van der Waals surface area contributed by atoms with Crippen molar-refractivity contribution in [1.29, 1.82) is 0 Å². The zero-order chi connectivity index (χ0) is 16.3. The standard InChI is InChI=1S/C15H13F2NO3S/c1-15(14(20)21-2,11-7-10(16)3-4-12(11)17)18-13(19)9-5-6-22-8-9/h3-8H,1-2H3,(H,18,19). The van der Waals surface area contributed by atoms with E-state index in [1.165, 1.54) is 18.3 Å². The predicted octanol–water partition coefficient (Wildman–Crippen LogP) is 2.84. The molecule has 2 rings (SSSR count). The number of rotatable bonds is 4. The van der Waals surface area contributed by atoms with Gasteiger partial charge in [-0.15, -0.1) is 0 Å². The molecule has 116 valence electrons. The SMILES string of the molecule is COC(=O)C(C)(NC(=O)c1ccsc1)c1cc(F)ccc1F. The van der Waals surface area contributed by atoms with Crippen LogP contribution in [0.2, 0.25) is 0 Å². The summed E-state index contributed by atoms with van der Waals surface area (Å²) in [4.78, 5) is 24.3. The number of methoxy groups -OCH3 is 1. The molecule has 1 atom stereocenters. The van der Waals surface area contributed by atoms with Crippen molar-refractivity contribution < 1.29 is 23.1 Å². The quantitative estimate of drug-likeness (QED) is 0.880. The summed E-state index contributed by atoms with van der Waals surface area (Å²) in [6.07, 6.45) is 0. The van der Waals surface area contributed by atoms with Crippen LogP contribution in [0.4, 0.5) is 8.78 Å². The van der Waals surface area contributed by atoms with Crippen LogP contribution in [0.5, 0.6) is 0 Å². The zero-order valence-electron chi connectivity index (χ0n) is 11.9. The molecule has 0 aliphatic carbocycles. The van der Waals surface area contributed by atoms with Crippen molar-refractivity contribution in [2.45, 2.75) is 12.5 Å². The summed E-state index contributed by atoms with van der Waals surface area (Å²) < 4.78 is 32.1. The van der Waals surface area contributed by atoms with E-state index in [9.17, 15) is 18.4 Å². The summed E-state index contributed by atoms with van der Waals surface area (Å²) in [5.74, 6) is -3.03. The smallest absolute Gasteiger partial charge is 0.336 e. The zero-order valence-corrected chi connectivity index (χ0v) is 12.7. The lowest BCUT2D eigenvalue weighted by Gasteiger charge is -2.28. The Kier molecular flexibility index (Phi) is 4.56. The van der Waals surface area contributed by atoms with Gasteiger partial charge in [-0.2, -0.15) is 11.3 Å². The third-order valence-electron chi connectivity index (χ3n) is 3.21. The third kappa shape index (κ3) is 2.99. The number of amides is 1. The van der Waals surface area contributed by atoms with Gasteiger partial charge in [-0.3, -0.25) is 4.79 Å². The first-order valence-electron chi connectivity index (χ1n) is 6.27. The molecule has 0 saturated heterocycles. The molecular weight excluding hydrogens is 312 g/mol. The topological polar surface area (TPSA) is 55.4 Å². The number of carbonyl (C=O) groups excluding carboxylic acids is 2. The van der Waals surface area contributed by atoms with E-state index in [0.717, 1.165) is 25.3 Å². The van der Waals surface area contributed by atoms with Crippen LogP contribution in [-0.4, -0.2) is 19.0 Å². The molecule has 1 heterocycles. The Balaban J connectivity index is 2.46. The number of benzene rings is 1. The summed E-state index contributed by atoms with van der Waals surface area (Å²) in [5, 5.41) is 5.68. The number of ether oxygens (including phenoxy) is 1. The highest BCUT2D eigenvalue weighted by Crippen LogP contribution is 2.27. The second kappa shape index (κ2) is 6.23. The van der Waals surface area contributed by atoms with Gasteiger partial charge >= 0.3 is 5.97 Å². The first-order chi connectivity index (χ1) is 10.4. The highest BCUT2D eigenvalue weighted by atomic mass is 32.1. The van der Waals surface area contributed by atoms with Gasteiger partial charge in [-0.05, 0) is 36.6 Å². The maximum absolute atomic E-state index is 14.0. The van der Waals surface area contributed by atoms with Crippen molar-refractivity contribution in [1.82, 2.24) is 5.32 Å². The number of nitrogens with one attached hydrogen (secondary N) is 1. The fourth-order valence-electron chi connectivity index (χ4n) is 2.01. The molecule has 0 bridgehead atoms. The molecule has 1 amide bonds. The summed E-state index contributed by atoms with van der Waals surface area (Å²) in [7, 11) is 1.11. The number of halogens is 2. The van der Waals surface area contributed by atoms with Crippen LogP contribution in [0.15, 0.2) is 35.0 Å². The minimum absolute atomic E-state index is 0.303. The number of hydrogen-bond acceptors (Lipinski definition) is 4. The predicted molar refractivity (Wildman–Crippen MR) is 77.5 cm³/mol. The molecule has 0 radical (unpaired) electrons. The van der Waals surface area contributed by atoms with Gasteiger partial charge in [0.15, 0.2) is 5.54 Å². The first-order valence-corrected chi connectivity index (χ1v) is 7.21. The van der Waals surface area contributed by atoms with Gasteiger partial charge in [0.05, 0.1) is 12.7 Å². The van der Waals surface area contributed by atoms with Gasteiger partial charge in [-0.1, -0.05) is 0 Å². The van der Waals surface area contributed by atoms with Gasteiger partial charge < -0.3 is 10.1 Å². The second-order valence-electron chi connectivity index (χ2n) is 4.71. The summed E-state index contributed by atoms with van der Waals surface area (Å²) in [5.41, 5.74) is -1.83. The number of thiophene rings is 1. The van der Waals surface area contributed by atoms with Crippen molar-refractivity contribution in [3.8, 4) is 0 Å². The van der Waals surface area contributed by atoms with E-state index >= 15 is 0 Å². The number of carbonyl (C=O) groups is 2. The third-order valence-corrected chi connectivity index (χ3v) is 3.89. The first kappa shape index (κ1) is 16.1. The molecule has 1 N–H and O–H groups in total. The van der Waals surface area contributed by atoms with Crippen LogP contribution in [0.3, 0.4) is 0 Å². The van der Waals surface area contributed by atoms with Crippen LogP contribution < -0.4 is 5.32 Å². The molecule has 0 aliphatic rings. The fourth-order valence-corrected chi connectivity index (χ4v) is 2.64. The largest absolute Gasteiger partial charge is 0.467 e. The van der Waals surface area contributed by atoms with Crippen LogP contribution in [0.1, 0.15) is 22.8 Å². The molecule has 0 aliphatic heterocycles. The average molecular weight is 325 g/mol. The van der Waals surface area contributed by atoms with E-state index in [-0.39, 0.29) is 5.56 Å². The molecular formula is C15H13F2NO3S. The van der Waals surface area contributed by atoms with Crippen molar-refractivity contribution >= 4 is 23.2 Å². The summed E-state index contributed by atoms with van der Waals surface area (Å²) in [6, 6.07) is 4.24. The Morgan fingerprint density at radius 3 is 2.59 bits per heavy atom. The summed E-state index contributed by atoms with van der Waals surface area (Å²) >= 11 is 1.30. The van der Waals surface area contributed by atoms with Crippen LogP contribution in [-0.2, 0) is 15.1 Å². The Morgan fingerprint density at radius 1 is 1.27 bits per heavy atom.